The number of carbonyl (C=O) groups excluding carboxylic acids is 2. The topological polar surface area (TPSA) is 64.6 Å². The molecule has 0 heterocycles. The summed E-state index contributed by atoms with van der Waals surface area (Å²) in [5.74, 6) is -0.834. The van der Waals surface area contributed by atoms with Gasteiger partial charge in [-0.15, -0.1) is 0 Å². The number of benzene rings is 1. The summed E-state index contributed by atoms with van der Waals surface area (Å²) in [5.41, 5.74) is 0.371. The van der Waals surface area contributed by atoms with Crippen molar-refractivity contribution in [1.82, 2.24) is 0 Å². The third kappa shape index (κ3) is 4.99. The fourth-order valence-electron chi connectivity index (χ4n) is 1.39. The normalized spacial score (nSPS) is 10.7. The first-order valence-electron chi connectivity index (χ1n) is 5.96. The first-order chi connectivity index (χ1) is 8.83. The Kier molecular flexibility index (Phi) is 4.92. The predicted molar refractivity (Wildman–Crippen MR) is 72.1 cm³/mol. The van der Waals surface area contributed by atoms with Gasteiger partial charge in [0.1, 0.15) is 12.1 Å². The first-order valence-corrected chi connectivity index (χ1v) is 5.96. The molecule has 0 aliphatic carbocycles. The molecule has 104 valence electrons. The minimum absolute atomic E-state index is 0.00366. The van der Waals surface area contributed by atoms with E-state index in [0.29, 0.717) is 11.3 Å². The standard InChI is InChI=1S/C14H19NO4/c1-14(2,3)19-13(17)10-7-5-6-8-11(10)15-9-12(16)18-4/h5-8,15H,9H2,1-4H3. The Morgan fingerprint density at radius 2 is 1.84 bits per heavy atom. The summed E-state index contributed by atoms with van der Waals surface area (Å²) >= 11 is 0. The molecule has 0 bridgehead atoms. The molecule has 5 heteroatoms. The highest BCUT2D eigenvalue weighted by atomic mass is 16.6. The molecule has 1 aromatic carbocycles. The molecule has 0 amide bonds. The molecule has 0 aliphatic heterocycles. The maximum absolute atomic E-state index is 12.0. The van der Waals surface area contributed by atoms with Crippen LogP contribution in [0, 0.1) is 0 Å². The smallest absolute Gasteiger partial charge is 0.340 e. The molecule has 1 N–H and O–H groups in total. The molecule has 0 unspecified atom stereocenters. The first kappa shape index (κ1) is 15.0. The highest BCUT2D eigenvalue weighted by molar-refractivity contribution is 5.96. The van der Waals surface area contributed by atoms with Gasteiger partial charge in [-0.3, -0.25) is 4.79 Å². The van der Waals surface area contributed by atoms with Crippen molar-refractivity contribution in [3.05, 3.63) is 29.8 Å². The van der Waals surface area contributed by atoms with Crippen LogP contribution >= 0.6 is 0 Å². The summed E-state index contributed by atoms with van der Waals surface area (Å²) in [6.45, 7) is 5.40. The lowest BCUT2D eigenvalue weighted by Gasteiger charge is -2.20. The van der Waals surface area contributed by atoms with Gasteiger partial charge in [-0.05, 0) is 32.9 Å². The molecule has 19 heavy (non-hydrogen) atoms. The zero-order valence-electron chi connectivity index (χ0n) is 11.6. The SMILES string of the molecule is COC(=O)CNc1ccccc1C(=O)OC(C)(C)C. The summed E-state index contributed by atoms with van der Waals surface area (Å²) in [4.78, 5) is 23.1. The van der Waals surface area contributed by atoms with Crippen LogP contribution in [0.4, 0.5) is 5.69 Å². The van der Waals surface area contributed by atoms with Crippen LogP contribution in [0.3, 0.4) is 0 Å². The van der Waals surface area contributed by atoms with Crippen molar-refractivity contribution in [1.29, 1.82) is 0 Å². The summed E-state index contributed by atoms with van der Waals surface area (Å²) in [7, 11) is 1.31. The summed E-state index contributed by atoms with van der Waals surface area (Å²) < 4.78 is 9.84. The van der Waals surface area contributed by atoms with Crippen molar-refractivity contribution in [2.24, 2.45) is 0 Å². The van der Waals surface area contributed by atoms with Crippen molar-refractivity contribution < 1.29 is 19.1 Å². The van der Waals surface area contributed by atoms with Gasteiger partial charge in [0.2, 0.25) is 0 Å². The van der Waals surface area contributed by atoms with Crippen LogP contribution in [-0.2, 0) is 14.3 Å². The monoisotopic (exact) mass is 265 g/mol. The van der Waals surface area contributed by atoms with E-state index < -0.39 is 17.5 Å². The highest BCUT2D eigenvalue weighted by Crippen LogP contribution is 2.19. The number of anilines is 1. The lowest BCUT2D eigenvalue weighted by molar-refractivity contribution is -0.138. The molecule has 5 nitrogen and oxygen atoms in total. The van der Waals surface area contributed by atoms with Crippen LogP contribution in [0.1, 0.15) is 31.1 Å². The molecule has 0 saturated carbocycles. The average molecular weight is 265 g/mol. The van der Waals surface area contributed by atoms with Gasteiger partial charge < -0.3 is 14.8 Å². The zero-order chi connectivity index (χ0) is 14.5. The van der Waals surface area contributed by atoms with Gasteiger partial charge in [-0.25, -0.2) is 4.79 Å². The Morgan fingerprint density at radius 3 is 2.42 bits per heavy atom. The van der Waals surface area contributed by atoms with E-state index in [4.69, 9.17) is 4.74 Å². The Balaban J connectivity index is 2.83. The summed E-state index contributed by atoms with van der Waals surface area (Å²) in [6, 6.07) is 6.87. The number of methoxy groups -OCH3 is 1. The van der Waals surface area contributed by atoms with Crippen molar-refractivity contribution >= 4 is 17.6 Å². The van der Waals surface area contributed by atoms with Crippen LogP contribution in [0.15, 0.2) is 24.3 Å². The molecule has 0 aromatic heterocycles. The van der Waals surface area contributed by atoms with Crippen LogP contribution in [-0.4, -0.2) is 31.2 Å². The molecule has 1 rings (SSSR count). The number of ether oxygens (including phenoxy) is 2. The number of rotatable bonds is 4. The third-order valence-corrected chi connectivity index (χ3v) is 2.20. The van der Waals surface area contributed by atoms with E-state index >= 15 is 0 Å². The quantitative estimate of drug-likeness (QED) is 0.846. The number of para-hydroxylation sites is 1. The van der Waals surface area contributed by atoms with Gasteiger partial charge in [0.05, 0.1) is 12.7 Å². The van der Waals surface area contributed by atoms with E-state index in [9.17, 15) is 9.59 Å². The van der Waals surface area contributed by atoms with Crippen molar-refractivity contribution in [2.75, 3.05) is 19.0 Å². The average Bonchev–Trinajstić information content (AvgIpc) is 2.34. The minimum Gasteiger partial charge on any atom is -0.468 e. The molecule has 0 aliphatic rings. The van der Waals surface area contributed by atoms with Gasteiger partial charge in [0, 0.05) is 5.69 Å². The molecule has 0 fully saturated rings. The van der Waals surface area contributed by atoms with Gasteiger partial charge in [-0.1, -0.05) is 12.1 Å². The third-order valence-electron chi connectivity index (χ3n) is 2.20. The zero-order valence-corrected chi connectivity index (χ0v) is 11.6. The summed E-state index contributed by atoms with van der Waals surface area (Å²) in [5, 5.41) is 2.86. The van der Waals surface area contributed by atoms with E-state index in [0.717, 1.165) is 0 Å². The van der Waals surface area contributed by atoms with Crippen LogP contribution < -0.4 is 5.32 Å². The second kappa shape index (κ2) is 6.22. The summed E-state index contributed by atoms with van der Waals surface area (Å²) in [6.07, 6.45) is 0. The van der Waals surface area contributed by atoms with E-state index in [1.54, 1.807) is 45.0 Å². The van der Waals surface area contributed by atoms with Gasteiger partial charge in [0.25, 0.3) is 0 Å². The Hall–Kier alpha value is -2.04. The van der Waals surface area contributed by atoms with Crippen LogP contribution in [0.25, 0.3) is 0 Å². The molecule has 0 radical (unpaired) electrons. The molecule has 1 aromatic rings. The Labute approximate surface area is 112 Å². The number of hydrogen-bond donors (Lipinski definition) is 1. The Morgan fingerprint density at radius 1 is 1.21 bits per heavy atom. The van der Waals surface area contributed by atoms with E-state index in [1.165, 1.54) is 7.11 Å². The molecule has 0 spiro atoms. The van der Waals surface area contributed by atoms with Crippen molar-refractivity contribution in [2.45, 2.75) is 26.4 Å². The minimum atomic E-state index is -0.563. The lowest BCUT2D eigenvalue weighted by atomic mass is 10.1. The number of hydrogen-bond acceptors (Lipinski definition) is 5. The number of esters is 2. The maximum atomic E-state index is 12.0. The van der Waals surface area contributed by atoms with Crippen LogP contribution in [0.2, 0.25) is 0 Å². The van der Waals surface area contributed by atoms with Gasteiger partial charge >= 0.3 is 11.9 Å². The highest BCUT2D eigenvalue weighted by Gasteiger charge is 2.20. The van der Waals surface area contributed by atoms with Gasteiger partial charge in [0.15, 0.2) is 0 Å². The van der Waals surface area contributed by atoms with Crippen LogP contribution in [0.5, 0.6) is 0 Å². The maximum Gasteiger partial charge on any atom is 0.340 e. The molecule has 0 atom stereocenters. The second-order valence-electron chi connectivity index (χ2n) is 4.98. The number of carbonyl (C=O) groups is 2. The van der Waals surface area contributed by atoms with Gasteiger partial charge in [-0.2, -0.15) is 0 Å². The fraction of sp³-hybridized carbons (Fsp3) is 0.429. The fourth-order valence-corrected chi connectivity index (χ4v) is 1.39. The second-order valence-corrected chi connectivity index (χ2v) is 4.98. The number of nitrogens with one attached hydrogen (secondary N) is 1. The molecular weight excluding hydrogens is 246 g/mol. The Bertz CT molecular complexity index is 463. The van der Waals surface area contributed by atoms with E-state index in [2.05, 4.69) is 10.1 Å². The van der Waals surface area contributed by atoms with Crippen molar-refractivity contribution in [3.63, 3.8) is 0 Å². The predicted octanol–water partition coefficient (Wildman–Crippen LogP) is 2.23. The van der Waals surface area contributed by atoms with E-state index in [1.807, 2.05) is 0 Å². The van der Waals surface area contributed by atoms with E-state index in [-0.39, 0.29) is 6.54 Å². The largest absolute Gasteiger partial charge is 0.468 e. The van der Waals surface area contributed by atoms with Crippen molar-refractivity contribution in [3.8, 4) is 0 Å². The molecular formula is C14H19NO4. The lowest BCUT2D eigenvalue weighted by Crippen LogP contribution is -2.25. The molecule has 0 saturated heterocycles.